The van der Waals surface area contributed by atoms with Gasteiger partial charge in [-0.1, -0.05) is 23.9 Å². The fourth-order valence-electron chi connectivity index (χ4n) is 1.68. The largest absolute Gasteiger partial charge is 0.481 e. The van der Waals surface area contributed by atoms with Crippen molar-refractivity contribution in [1.29, 1.82) is 0 Å². The van der Waals surface area contributed by atoms with Crippen molar-refractivity contribution in [2.24, 2.45) is 7.05 Å². The summed E-state index contributed by atoms with van der Waals surface area (Å²) in [6.45, 7) is 0. The number of carboxylic acids is 1. The highest BCUT2D eigenvalue weighted by Gasteiger charge is 2.14. The van der Waals surface area contributed by atoms with E-state index in [1.54, 1.807) is 23.7 Å². The van der Waals surface area contributed by atoms with Crippen molar-refractivity contribution in [3.63, 3.8) is 0 Å². The molecule has 0 saturated carbocycles. The van der Waals surface area contributed by atoms with Gasteiger partial charge in [-0.2, -0.15) is 0 Å². The van der Waals surface area contributed by atoms with Crippen LogP contribution in [0, 0.1) is 10.1 Å². The van der Waals surface area contributed by atoms with E-state index in [-0.39, 0.29) is 12.1 Å². The molecule has 0 aliphatic heterocycles. The number of benzene rings is 1. The molecule has 2 aromatic rings. The highest BCUT2D eigenvalue weighted by atomic mass is 32.2. The van der Waals surface area contributed by atoms with Crippen LogP contribution in [-0.4, -0.2) is 36.5 Å². The molecule has 0 atom stereocenters. The van der Waals surface area contributed by atoms with Gasteiger partial charge in [0.15, 0.2) is 11.0 Å². The lowest BCUT2D eigenvalue weighted by molar-refractivity contribution is -0.384. The molecule has 0 radical (unpaired) electrons. The van der Waals surface area contributed by atoms with Crippen LogP contribution in [0.15, 0.2) is 29.4 Å². The molecule has 1 N–H and O–H groups in total. The Morgan fingerprint density at radius 1 is 1.48 bits per heavy atom. The standard InChI is InChI=1S/C12H12N4O4S/c1-15-11(8-3-2-4-9(7-8)16(19)20)13-14-12(15)21-6-5-10(17)18/h2-4,7H,5-6H2,1H3,(H,17,18). The second-order valence-electron chi connectivity index (χ2n) is 4.16. The number of non-ortho nitro benzene ring substituents is 1. The molecular formula is C12H12N4O4S. The Morgan fingerprint density at radius 2 is 2.24 bits per heavy atom. The van der Waals surface area contributed by atoms with Gasteiger partial charge in [0.25, 0.3) is 5.69 Å². The maximum atomic E-state index is 10.8. The van der Waals surface area contributed by atoms with Crippen LogP contribution in [0.5, 0.6) is 0 Å². The van der Waals surface area contributed by atoms with E-state index in [9.17, 15) is 14.9 Å². The van der Waals surface area contributed by atoms with Gasteiger partial charge in [-0.05, 0) is 0 Å². The minimum Gasteiger partial charge on any atom is -0.481 e. The molecule has 8 nitrogen and oxygen atoms in total. The molecular weight excluding hydrogens is 296 g/mol. The average molecular weight is 308 g/mol. The topological polar surface area (TPSA) is 111 Å². The van der Waals surface area contributed by atoms with Gasteiger partial charge in [0, 0.05) is 30.5 Å². The Kier molecular flexibility index (Phi) is 4.53. The lowest BCUT2D eigenvalue weighted by Crippen LogP contribution is -1.99. The van der Waals surface area contributed by atoms with Crippen LogP contribution in [0.3, 0.4) is 0 Å². The third kappa shape index (κ3) is 3.57. The van der Waals surface area contributed by atoms with E-state index in [0.29, 0.717) is 22.3 Å². The minimum absolute atomic E-state index is 0.0180. The van der Waals surface area contributed by atoms with Crippen LogP contribution in [0.4, 0.5) is 5.69 Å². The second-order valence-corrected chi connectivity index (χ2v) is 5.23. The molecule has 0 aliphatic carbocycles. The lowest BCUT2D eigenvalue weighted by Gasteiger charge is -2.03. The van der Waals surface area contributed by atoms with E-state index in [1.165, 1.54) is 23.9 Å². The van der Waals surface area contributed by atoms with Crippen molar-refractivity contribution in [3.8, 4) is 11.4 Å². The number of nitro groups is 1. The SMILES string of the molecule is Cn1c(SCCC(=O)O)nnc1-c1cccc([N+](=O)[O-])c1. The summed E-state index contributed by atoms with van der Waals surface area (Å²) < 4.78 is 1.69. The van der Waals surface area contributed by atoms with Gasteiger partial charge in [-0.3, -0.25) is 14.9 Å². The number of nitro benzene ring substituents is 1. The van der Waals surface area contributed by atoms with Crippen molar-refractivity contribution in [2.75, 3.05) is 5.75 Å². The highest BCUT2D eigenvalue weighted by Crippen LogP contribution is 2.25. The normalized spacial score (nSPS) is 10.5. The second kappa shape index (κ2) is 6.35. The van der Waals surface area contributed by atoms with Crippen LogP contribution in [0.1, 0.15) is 6.42 Å². The first-order valence-electron chi connectivity index (χ1n) is 5.98. The number of hydrogen-bond acceptors (Lipinski definition) is 6. The Morgan fingerprint density at radius 3 is 2.90 bits per heavy atom. The van der Waals surface area contributed by atoms with Gasteiger partial charge >= 0.3 is 5.97 Å². The van der Waals surface area contributed by atoms with E-state index >= 15 is 0 Å². The van der Waals surface area contributed by atoms with E-state index in [1.807, 2.05) is 0 Å². The van der Waals surface area contributed by atoms with E-state index in [4.69, 9.17) is 5.11 Å². The molecule has 0 amide bonds. The van der Waals surface area contributed by atoms with Crippen molar-refractivity contribution < 1.29 is 14.8 Å². The third-order valence-corrected chi connectivity index (χ3v) is 3.72. The summed E-state index contributed by atoms with van der Waals surface area (Å²) in [6, 6.07) is 6.13. The maximum Gasteiger partial charge on any atom is 0.304 e. The average Bonchev–Trinajstić information content (AvgIpc) is 2.80. The quantitative estimate of drug-likeness (QED) is 0.493. The number of carboxylic acid groups (broad SMARTS) is 1. The zero-order chi connectivity index (χ0) is 15.4. The molecule has 21 heavy (non-hydrogen) atoms. The zero-order valence-electron chi connectivity index (χ0n) is 11.1. The number of rotatable bonds is 6. The molecule has 1 aromatic heterocycles. The number of thioether (sulfide) groups is 1. The number of hydrogen-bond donors (Lipinski definition) is 1. The fourth-order valence-corrected chi connectivity index (χ4v) is 2.52. The number of carbonyl (C=O) groups is 1. The molecule has 0 fully saturated rings. The minimum atomic E-state index is -0.872. The first-order valence-corrected chi connectivity index (χ1v) is 6.96. The fraction of sp³-hybridized carbons (Fsp3) is 0.250. The predicted octanol–water partition coefficient (Wildman–Crippen LogP) is 1.96. The van der Waals surface area contributed by atoms with Gasteiger partial charge in [-0.25, -0.2) is 0 Å². The van der Waals surface area contributed by atoms with Crippen molar-refractivity contribution >= 4 is 23.4 Å². The summed E-state index contributed by atoms with van der Waals surface area (Å²) in [5.41, 5.74) is 0.569. The van der Waals surface area contributed by atoms with Crippen LogP contribution >= 0.6 is 11.8 Å². The molecule has 9 heteroatoms. The molecule has 0 saturated heterocycles. The highest BCUT2D eigenvalue weighted by molar-refractivity contribution is 7.99. The molecule has 110 valence electrons. The van der Waals surface area contributed by atoms with E-state index in [0.717, 1.165) is 0 Å². The number of aromatic nitrogens is 3. The summed E-state index contributed by atoms with van der Waals surface area (Å²) in [6.07, 6.45) is 0.0314. The van der Waals surface area contributed by atoms with Crippen molar-refractivity contribution in [1.82, 2.24) is 14.8 Å². The van der Waals surface area contributed by atoms with Crippen LogP contribution in [0.25, 0.3) is 11.4 Å². The maximum absolute atomic E-state index is 10.8. The van der Waals surface area contributed by atoms with E-state index in [2.05, 4.69) is 10.2 Å². The monoisotopic (exact) mass is 308 g/mol. The molecule has 1 heterocycles. The summed E-state index contributed by atoms with van der Waals surface area (Å²) in [5.74, 6) is 0.0103. The summed E-state index contributed by atoms with van der Waals surface area (Å²) >= 11 is 1.28. The summed E-state index contributed by atoms with van der Waals surface area (Å²) in [5, 5.41) is 27.9. The van der Waals surface area contributed by atoms with Crippen LogP contribution in [-0.2, 0) is 11.8 Å². The summed E-state index contributed by atoms with van der Waals surface area (Å²) in [4.78, 5) is 20.8. The first kappa shape index (κ1) is 15.0. The number of aliphatic carboxylic acids is 1. The zero-order valence-corrected chi connectivity index (χ0v) is 11.9. The molecule has 2 rings (SSSR count). The van der Waals surface area contributed by atoms with E-state index < -0.39 is 10.9 Å². The molecule has 0 spiro atoms. The van der Waals surface area contributed by atoms with Gasteiger partial charge in [-0.15, -0.1) is 10.2 Å². The Labute approximate surface area is 124 Å². The van der Waals surface area contributed by atoms with Crippen molar-refractivity contribution in [2.45, 2.75) is 11.6 Å². The summed E-state index contributed by atoms with van der Waals surface area (Å²) in [7, 11) is 1.73. The van der Waals surface area contributed by atoms with Crippen LogP contribution < -0.4 is 0 Å². The van der Waals surface area contributed by atoms with Gasteiger partial charge < -0.3 is 9.67 Å². The number of nitrogens with zero attached hydrogens (tertiary/aromatic N) is 4. The Hall–Kier alpha value is -2.42. The Balaban J connectivity index is 2.21. The molecule has 0 aliphatic rings. The first-order chi connectivity index (χ1) is 9.99. The molecule has 1 aromatic carbocycles. The third-order valence-electron chi connectivity index (χ3n) is 2.70. The lowest BCUT2D eigenvalue weighted by atomic mass is 10.2. The van der Waals surface area contributed by atoms with Crippen molar-refractivity contribution in [3.05, 3.63) is 34.4 Å². The molecule has 0 bridgehead atoms. The predicted molar refractivity (Wildman–Crippen MR) is 76.1 cm³/mol. The Bertz CT molecular complexity index is 686. The smallest absolute Gasteiger partial charge is 0.304 e. The van der Waals surface area contributed by atoms with Gasteiger partial charge in [0.05, 0.1) is 11.3 Å². The molecule has 0 unspecified atom stereocenters. The van der Waals surface area contributed by atoms with Gasteiger partial charge in [0.1, 0.15) is 0 Å². The van der Waals surface area contributed by atoms with Crippen LogP contribution in [0.2, 0.25) is 0 Å². The van der Waals surface area contributed by atoms with Gasteiger partial charge in [0.2, 0.25) is 0 Å².